The molecule has 0 aliphatic carbocycles. The molecule has 1 aliphatic heterocycles. The minimum Gasteiger partial charge on any atom is -0.466 e. The summed E-state index contributed by atoms with van der Waals surface area (Å²) in [5.74, 6) is -0.137. The number of hydrogen-bond donors (Lipinski definition) is 1. The normalized spacial score (nSPS) is 12.7. The van der Waals surface area contributed by atoms with Crippen LogP contribution in [0.2, 0.25) is 5.02 Å². The summed E-state index contributed by atoms with van der Waals surface area (Å²) < 4.78 is 4.40. The molecule has 0 saturated carbocycles. The number of hydrogen-bond acceptors (Lipinski definition) is 3. The molecule has 0 radical (unpaired) electrons. The average molecular weight is 270 g/mol. The number of carbonyl (C=O) groups is 2. The molecule has 2 rings (SSSR count). The Labute approximate surface area is 111 Å². The maximum absolute atomic E-state index is 11.0. The number of benzene rings is 1. The molecule has 4 nitrogen and oxygen atoms in total. The molecule has 0 unspecified atom stereocenters. The van der Waals surface area contributed by atoms with E-state index in [0.29, 0.717) is 18.1 Å². The SMILES string of the molecule is CCOC(C)=O.O=C1CCc2ccc(Cl)cc2N1. The van der Waals surface area contributed by atoms with Crippen molar-refractivity contribution in [1.82, 2.24) is 0 Å². The molecule has 1 aliphatic rings. The number of aryl methyl sites for hydroxylation is 1. The second kappa shape index (κ2) is 7.01. The van der Waals surface area contributed by atoms with Gasteiger partial charge in [-0.25, -0.2) is 0 Å². The molecule has 1 heterocycles. The first-order valence-corrected chi connectivity index (χ1v) is 6.12. The van der Waals surface area contributed by atoms with Crippen molar-refractivity contribution in [3.8, 4) is 0 Å². The quantitative estimate of drug-likeness (QED) is 0.798. The molecule has 1 amide bonds. The van der Waals surface area contributed by atoms with Gasteiger partial charge in [0.05, 0.1) is 6.61 Å². The van der Waals surface area contributed by atoms with Gasteiger partial charge in [-0.15, -0.1) is 0 Å². The van der Waals surface area contributed by atoms with E-state index in [9.17, 15) is 9.59 Å². The Kier molecular flexibility index (Phi) is 5.65. The van der Waals surface area contributed by atoms with Gasteiger partial charge in [-0.2, -0.15) is 0 Å². The van der Waals surface area contributed by atoms with Crippen molar-refractivity contribution in [2.24, 2.45) is 0 Å². The fourth-order valence-electron chi connectivity index (χ4n) is 1.55. The third kappa shape index (κ3) is 4.75. The minimum absolute atomic E-state index is 0.0739. The second-order valence-electron chi connectivity index (χ2n) is 3.77. The van der Waals surface area contributed by atoms with Gasteiger partial charge in [-0.05, 0) is 31.0 Å². The van der Waals surface area contributed by atoms with Crippen LogP contribution in [-0.2, 0) is 20.7 Å². The van der Waals surface area contributed by atoms with Gasteiger partial charge >= 0.3 is 5.97 Å². The monoisotopic (exact) mass is 269 g/mol. The first kappa shape index (κ1) is 14.5. The number of fused-ring (bicyclic) bond motifs is 1. The molecule has 0 saturated heterocycles. The molecule has 0 fully saturated rings. The van der Waals surface area contributed by atoms with Gasteiger partial charge in [-0.3, -0.25) is 9.59 Å². The van der Waals surface area contributed by atoms with Crippen molar-refractivity contribution >= 4 is 29.2 Å². The van der Waals surface area contributed by atoms with Crippen molar-refractivity contribution < 1.29 is 14.3 Å². The summed E-state index contributed by atoms with van der Waals surface area (Å²) in [4.78, 5) is 20.8. The van der Waals surface area contributed by atoms with Crippen LogP contribution in [0.5, 0.6) is 0 Å². The van der Waals surface area contributed by atoms with Crippen LogP contribution in [0.4, 0.5) is 5.69 Å². The zero-order valence-electron chi connectivity index (χ0n) is 10.5. The topological polar surface area (TPSA) is 55.4 Å². The van der Waals surface area contributed by atoms with Crippen LogP contribution >= 0.6 is 11.6 Å². The number of halogens is 1. The summed E-state index contributed by atoms with van der Waals surface area (Å²) in [6.07, 6.45) is 1.40. The number of amides is 1. The zero-order chi connectivity index (χ0) is 13.5. The molecule has 0 bridgehead atoms. The fraction of sp³-hybridized carbons (Fsp3) is 0.385. The molecule has 5 heteroatoms. The number of ether oxygens (including phenoxy) is 1. The lowest BCUT2D eigenvalue weighted by Crippen LogP contribution is -2.18. The first-order valence-electron chi connectivity index (χ1n) is 5.74. The minimum atomic E-state index is -0.211. The average Bonchev–Trinajstić information content (AvgIpc) is 2.28. The Morgan fingerprint density at radius 3 is 2.72 bits per heavy atom. The highest BCUT2D eigenvalue weighted by molar-refractivity contribution is 6.31. The van der Waals surface area contributed by atoms with E-state index in [1.54, 1.807) is 13.0 Å². The van der Waals surface area contributed by atoms with Crippen molar-refractivity contribution in [2.45, 2.75) is 26.7 Å². The summed E-state index contributed by atoms with van der Waals surface area (Å²) in [5, 5.41) is 3.44. The van der Waals surface area contributed by atoms with E-state index in [2.05, 4.69) is 10.1 Å². The molecule has 1 aromatic rings. The number of nitrogens with one attached hydrogen (secondary N) is 1. The molecule has 0 spiro atoms. The predicted molar refractivity (Wildman–Crippen MR) is 70.7 cm³/mol. The summed E-state index contributed by atoms with van der Waals surface area (Å²) in [5.41, 5.74) is 2.03. The van der Waals surface area contributed by atoms with Crippen LogP contribution in [-0.4, -0.2) is 18.5 Å². The van der Waals surface area contributed by atoms with Crippen LogP contribution in [0.25, 0.3) is 0 Å². The summed E-state index contributed by atoms with van der Waals surface area (Å²) >= 11 is 5.77. The lowest BCUT2D eigenvalue weighted by molar-refractivity contribution is -0.140. The van der Waals surface area contributed by atoms with Gasteiger partial charge in [-0.1, -0.05) is 17.7 Å². The summed E-state index contributed by atoms with van der Waals surface area (Å²) in [6, 6.07) is 5.59. The highest BCUT2D eigenvalue weighted by Crippen LogP contribution is 2.25. The summed E-state index contributed by atoms with van der Waals surface area (Å²) in [7, 11) is 0. The van der Waals surface area contributed by atoms with E-state index in [1.165, 1.54) is 12.5 Å². The molecule has 0 aromatic heterocycles. The molecule has 1 aromatic carbocycles. The molecule has 98 valence electrons. The lowest BCUT2D eigenvalue weighted by Gasteiger charge is -2.16. The fourth-order valence-corrected chi connectivity index (χ4v) is 1.72. The van der Waals surface area contributed by atoms with Crippen LogP contribution in [0.1, 0.15) is 25.8 Å². The Bertz CT molecular complexity index is 446. The van der Waals surface area contributed by atoms with E-state index >= 15 is 0 Å². The Morgan fingerprint density at radius 1 is 1.44 bits per heavy atom. The number of anilines is 1. The van der Waals surface area contributed by atoms with Gasteiger partial charge in [0.15, 0.2) is 0 Å². The number of rotatable bonds is 1. The predicted octanol–water partition coefficient (Wildman–Crippen LogP) is 2.79. The van der Waals surface area contributed by atoms with Crippen LogP contribution in [0.15, 0.2) is 18.2 Å². The molecule has 18 heavy (non-hydrogen) atoms. The Morgan fingerprint density at radius 2 is 2.17 bits per heavy atom. The number of esters is 1. The smallest absolute Gasteiger partial charge is 0.302 e. The molecular formula is C13H16ClNO3. The van der Waals surface area contributed by atoms with Gasteiger partial charge in [0.2, 0.25) is 5.91 Å². The van der Waals surface area contributed by atoms with Gasteiger partial charge in [0.25, 0.3) is 0 Å². The van der Waals surface area contributed by atoms with Gasteiger partial charge in [0.1, 0.15) is 0 Å². The second-order valence-corrected chi connectivity index (χ2v) is 4.21. The van der Waals surface area contributed by atoms with Crippen LogP contribution in [0, 0.1) is 0 Å². The maximum atomic E-state index is 11.0. The Hall–Kier alpha value is -1.55. The van der Waals surface area contributed by atoms with Crippen molar-refractivity contribution in [2.75, 3.05) is 11.9 Å². The third-order valence-electron chi connectivity index (χ3n) is 2.32. The van der Waals surface area contributed by atoms with E-state index < -0.39 is 0 Å². The Balaban J connectivity index is 0.000000232. The van der Waals surface area contributed by atoms with E-state index in [0.717, 1.165) is 12.1 Å². The largest absolute Gasteiger partial charge is 0.466 e. The van der Waals surface area contributed by atoms with Gasteiger partial charge < -0.3 is 10.1 Å². The van der Waals surface area contributed by atoms with Crippen molar-refractivity contribution in [3.63, 3.8) is 0 Å². The first-order chi connectivity index (χ1) is 8.52. The van der Waals surface area contributed by atoms with E-state index in [-0.39, 0.29) is 11.9 Å². The van der Waals surface area contributed by atoms with E-state index in [4.69, 9.17) is 11.6 Å². The summed E-state index contributed by atoms with van der Waals surface area (Å²) in [6.45, 7) is 3.65. The zero-order valence-corrected chi connectivity index (χ0v) is 11.2. The molecule has 1 N–H and O–H groups in total. The van der Waals surface area contributed by atoms with Crippen LogP contribution in [0.3, 0.4) is 0 Å². The van der Waals surface area contributed by atoms with Gasteiger partial charge in [0, 0.05) is 24.1 Å². The highest BCUT2D eigenvalue weighted by atomic mass is 35.5. The van der Waals surface area contributed by atoms with Crippen molar-refractivity contribution in [1.29, 1.82) is 0 Å². The standard InChI is InChI=1S/C9H8ClNO.C4H8O2/c10-7-3-1-6-2-4-9(12)11-8(6)5-7;1-3-6-4(2)5/h1,3,5H,2,4H2,(H,11,12);3H2,1-2H3. The maximum Gasteiger partial charge on any atom is 0.302 e. The van der Waals surface area contributed by atoms with Crippen molar-refractivity contribution in [3.05, 3.63) is 28.8 Å². The van der Waals surface area contributed by atoms with Crippen LogP contribution < -0.4 is 5.32 Å². The highest BCUT2D eigenvalue weighted by Gasteiger charge is 2.13. The third-order valence-corrected chi connectivity index (χ3v) is 2.55. The van der Waals surface area contributed by atoms with E-state index in [1.807, 2.05) is 12.1 Å². The molecule has 0 atom stereocenters. The number of carbonyl (C=O) groups excluding carboxylic acids is 2. The molecular weight excluding hydrogens is 254 g/mol. The lowest BCUT2D eigenvalue weighted by atomic mass is 10.0.